The molecule has 0 bridgehead atoms. The number of hydrogen-bond acceptors (Lipinski definition) is 4. The molecule has 4 nitrogen and oxygen atoms in total. The van der Waals surface area contributed by atoms with Crippen LogP contribution in [0.15, 0.2) is 132 Å². The van der Waals surface area contributed by atoms with Crippen LogP contribution in [0.5, 0.6) is 0 Å². The fraction of sp³-hybridized carbons (Fsp3) is 0.0750. The monoisotopic (exact) mass is 565 g/mol. The minimum atomic E-state index is -0.0691. The van der Waals surface area contributed by atoms with Crippen LogP contribution in [0.3, 0.4) is 0 Å². The van der Waals surface area contributed by atoms with E-state index in [2.05, 4.69) is 111 Å². The molecule has 0 radical (unpaired) electrons. The molecule has 6 aromatic carbocycles. The smallest absolute Gasteiger partial charge is 0.164 e. The number of benzene rings is 6. The van der Waals surface area contributed by atoms with Gasteiger partial charge in [0.25, 0.3) is 0 Å². The Morgan fingerprint density at radius 3 is 2.02 bits per heavy atom. The Kier molecular flexibility index (Phi) is 5.21. The summed E-state index contributed by atoms with van der Waals surface area (Å²) in [6.45, 7) is 4.62. The maximum atomic E-state index is 6.54. The summed E-state index contributed by atoms with van der Waals surface area (Å²) in [6, 6.07) is 44.2. The molecule has 0 saturated heterocycles. The first-order valence-corrected chi connectivity index (χ1v) is 15.0. The molecule has 0 aliphatic heterocycles. The Balaban J connectivity index is 1.23. The molecule has 1 aliphatic carbocycles. The van der Waals surface area contributed by atoms with E-state index >= 15 is 0 Å². The second-order valence-corrected chi connectivity index (χ2v) is 12.1. The van der Waals surface area contributed by atoms with E-state index in [-0.39, 0.29) is 5.41 Å². The van der Waals surface area contributed by atoms with Crippen molar-refractivity contribution in [3.8, 4) is 45.3 Å². The van der Waals surface area contributed by atoms with E-state index in [0.29, 0.717) is 17.5 Å². The highest BCUT2D eigenvalue weighted by atomic mass is 16.3. The molecule has 44 heavy (non-hydrogen) atoms. The Morgan fingerprint density at radius 2 is 1.14 bits per heavy atom. The first kappa shape index (κ1) is 24.9. The highest BCUT2D eigenvalue weighted by Gasteiger charge is 2.36. The SMILES string of the molecule is CC1(C)c2ccccc2-c2cc3oc4cc(-c5nc(-c6ccccc6)nc(-c6cccc7ccccc67)n5)ccc4c3cc21. The molecule has 0 N–H and O–H groups in total. The zero-order chi connectivity index (χ0) is 29.4. The zero-order valence-corrected chi connectivity index (χ0v) is 24.4. The Morgan fingerprint density at radius 1 is 0.455 bits per heavy atom. The average molecular weight is 566 g/mol. The summed E-state index contributed by atoms with van der Waals surface area (Å²) in [5.74, 6) is 1.90. The summed E-state index contributed by atoms with van der Waals surface area (Å²) in [4.78, 5) is 15.0. The van der Waals surface area contributed by atoms with Crippen LogP contribution < -0.4 is 0 Å². The van der Waals surface area contributed by atoms with Crippen LogP contribution in [0, 0.1) is 0 Å². The lowest BCUT2D eigenvalue weighted by atomic mass is 9.82. The lowest BCUT2D eigenvalue weighted by Gasteiger charge is -2.21. The molecule has 0 spiro atoms. The fourth-order valence-corrected chi connectivity index (χ4v) is 6.87. The van der Waals surface area contributed by atoms with E-state index in [0.717, 1.165) is 49.4 Å². The van der Waals surface area contributed by atoms with Gasteiger partial charge in [0, 0.05) is 32.9 Å². The molecule has 2 aromatic heterocycles. The van der Waals surface area contributed by atoms with Crippen molar-refractivity contribution in [1.29, 1.82) is 0 Å². The van der Waals surface area contributed by atoms with Gasteiger partial charge >= 0.3 is 0 Å². The molecule has 0 amide bonds. The summed E-state index contributed by atoms with van der Waals surface area (Å²) in [7, 11) is 0. The fourth-order valence-electron chi connectivity index (χ4n) is 6.87. The molecule has 1 aliphatic rings. The lowest BCUT2D eigenvalue weighted by molar-refractivity contribution is 0.658. The number of fused-ring (bicyclic) bond motifs is 7. The van der Waals surface area contributed by atoms with Gasteiger partial charge < -0.3 is 4.42 Å². The predicted molar refractivity (Wildman–Crippen MR) is 178 cm³/mol. The quantitative estimate of drug-likeness (QED) is 0.214. The van der Waals surface area contributed by atoms with E-state index < -0.39 is 0 Å². The second kappa shape index (κ2) is 9.19. The minimum absolute atomic E-state index is 0.0691. The molecule has 0 atom stereocenters. The van der Waals surface area contributed by atoms with E-state index in [9.17, 15) is 0 Å². The minimum Gasteiger partial charge on any atom is -0.456 e. The van der Waals surface area contributed by atoms with Crippen molar-refractivity contribution >= 4 is 32.7 Å². The molecule has 0 fully saturated rings. The van der Waals surface area contributed by atoms with E-state index in [1.807, 2.05) is 30.3 Å². The first-order valence-electron chi connectivity index (χ1n) is 15.0. The first-order chi connectivity index (χ1) is 21.5. The van der Waals surface area contributed by atoms with Crippen molar-refractivity contribution in [2.75, 3.05) is 0 Å². The van der Waals surface area contributed by atoms with Gasteiger partial charge in [-0.25, -0.2) is 15.0 Å². The van der Waals surface area contributed by atoms with Gasteiger partial charge in [-0.3, -0.25) is 0 Å². The van der Waals surface area contributed by atoms with E-state index in [1.54, 1.807) is 0 Å². The number of nitrogens with zero attached hydrogens (tertiary/aromatic N) is 3. The van der Waals surface area contributed by atoms with Crippen molar-refractivity contribution in [2.45, 2.75) is 19.3 Å². The summed E-state index contributed by atoms with van der Waals surface area (Å²) in [6.07, 6.45) is 0. The third-order valence-electron chi connectivity index (χ3n) is 9.13. The second-order valence-electron chi connectivity index (χ2n) is 12.1. The summed E-state index contributed by atoms with van der Waals surface area (Å²) in [5.41, 5.74) is 9.68. The largest absolute Gasteiger partial charge is 0.456 e. The highest BCUT2D eigenvalue weighted by molar-refractivity contribution is 6.08. The third-order valence-corrected chi connectivity index (χ3v) is 9.13. The van der Waals surface area contributed by atoms with Crippen molar-refractivity contribution in [3.05, 3.63) is 139 Å². The number of aromatic nitrogens is 3. The van der Waals surface area contributed by atoms with Crippen LogP contribution in [0.2, 0.25) is 0 Å². The maximum Gasteiger partial charge on any atom is 0.164 e. The molecule has 2 heterocycles. The van der Waals surface area contributed by atoms with E-state index in [4.69, 9.17) is 19.4 Å². The highest BCUT2D eigenvalue weighted by Crippen LogP contribution is 2.50. The van der Waals surface area contributed by atoms with Crippen LogP contribution in [0.1, 0.15) is 25.0 Å². The normalized spacial score (nSPS) is 13.4. The average Bonchev–Trinajstić information content (AvgIpc) is 3.54. The van der Waals surface area contributed by atoms with Gasteiger partial charge in [0.2, 0.25) is 0 Å². The maximum absolute atomic E-state index is 6.54. The van der Waals surface area contributed by atoms with Crippen molar-refractivity contribution in [1.82, 2.24) is 15.0 Å². The van der Waals surface area contributed by atoms with Gasteiger partial charge in [0.1, 0.15) is 11.2 Å². The van der Waals surface area contributed by atoms with Gasteiger partial charge in [-0.1, -0.05) is 117 Å². The molecule has 4 heteroatoms. The number of rotatable bonds is 3. The van der Waals surface area contributed by atoms with Crippen LogP contribution in [-0.4, -0.2) is 15.0 Å². The molecule has 208 valence electrons. The molecule has 0 saturated carbocycles. The van der Waals surface area contributed by atoms with Crippen LogP contribution in [-0.2, 0) is 5.41 Å². The zero-order valence-electron chi connectivity index (χ0n) is 24.4. The summed E-state index contributed by atoms with van der Waals surface area (Å²) < 4.78 is 6.54. The van der Waals surface area contributed by atoms with Crippen LogP contribution >= 0.6 is 0 Å². The number of furan rings is 1. The standard InChI is InChI=1S/C40H27N3O/c1-40(2)33-18-9-8-16-28(33)31-23-36-32(22-34(31)40)29-20-19-26(21-35(29)44-36)38-41-37(25-12-4-3-5-13-25)42-39(43-38)30-17-10-14-24-11-6-7-15-27(24)30/h3-23H,1-2H3. The molecule has 0 unspecified atom stereocenters. The van der Waals surface area contributed by atoms with E-state index in [1.165, 1.54) is 22.3 Å². The summed E-state index contributed by atoms with van der Waals surface area (Å²) in [5, 5.41) is 4.47. The Labute approximate surface area is 254 Å². The Hall–Kier alpha value is -5.61. The molecular formula is C40H27N3O. The van der Waals surface area contributed by atoms with Gasteiger partial charge in [0.05, 0.1) is 0 Å². The van der Waals surface area contributed by atoms with Crippen LogP contribution in [0.25, 0.3) is 78.0 Å². The topological polar surface area (TPSA) is 51.8 Å². The van der Waals surface area contributed by atoms with Gasteiger partial charge in [-0.15, -0.1) is 0 Å². The van der Waals surface area contributed by atoms with Gasteiger partial charge in [-0.05, 0) is 57.3 Å². The van der Waals surface area contributed by atoms with Crippen molar-refractivity contribution in [3.63, 3.8) is 0 Å². The summed E-state index contributed by atoms with van der Waals surface area (Å²) >= 11 is 0. The van der Waals surface area contributed by atoms with Gasteiger partial charge in [0.15, 0.2) is 17.5 Å². The van der Waals surface area contributed by atoms with Gasteiger partial charge in [-0.2, -0.15) is 0 Å². The third kappa shape index (κ3) is 3.67. The molecular weight excluding hydrogens is 538 g/mol. The predicted octanol–water partition coefficient (Wildman–Crippen LogP) is 10.2. The Bertz CT molecular complexity index is 2420. The van der Waals surface area contributed by atoms with Crippen molar-refractivity contribution < 1.29 is 4.42 Å². The number of hydrogen-bond donors (Lipinski definition) is 0. The van der Waals surface area contributed by atoms with Crippen molar-refractivity contribution in [2.24, 2.45) is 0 Å². The lowest BCUT2D eigenvalue weighted by Crippen LogP contribution is -2.14. The van der Waals surface area contributed by atoms with Crippen LogP contribution in [0.4, 0.5) is 0 Å². The molecule has 8 aromatic rings. The molecule has 9 rings (SSSR count).